The minimum atomic E-state index is -1.21. The monoisotopic (exact) mass is 501 g/mol. The molecule has 10 heteroatoms. The zero-order chi connectivity index (χ0) is 24.4. The highest BCUT2D eigenvalue weighted by atomic mass is 32.2. The first kappa shape index (κ1) is 24.4. The van der Waals surface area contributed by atoms with Crippen LogP contribution < -0.4 is 5.32 Å². The molecule has 0 aromatic heterocycles. The van der Waals surface area contributed by atoms with Gasteiger partial charge >= 0.3 is 5.97 Å². The van der Waals surface area contributed by atoms with Crippen molar-refractivity contribution in [1.82, 2.24) is 15.1 Å². The van der Waals surface area contributed by atoms with Gasteiger partial charge in [-0.15, -0.1) is 23.5 Å². The van der Waals surface area contributed by atoms with Crippen LogP contribution in [0.5, 0.6) is 0 Å². The number of hydrogen-bond donors (Lipinski definition) is 2. The molecule has 0 aliphatic carbocycles. The van der Waals surface area contributed by atoms with Crippen LogP contribution >= 0.6 is 23.5 Å². The first-order chi connectivity index (χ1) is 16.3. The van der Waals surface area contributed by atoms with Gasteiger partial charge < -0.3 is 15.3 Å². The van der Waals surface area contributed by atoms with Crippen molar-refractivity contribution in [3.8, 4) is 0 Å². The second-order valence-corrected chi connectivity index (χ2v) is 11.0. The van der Waals surface area contributed by atoms with Gasteiger partial charge in [0.2, 0.25) is 11.8 Å². The van der Waals surface area contributed by atoms with E-state index in [9.17, 15) is 24.3 Å². The predicted molar refractivity (Wildman–Crippen MR) is 131 cm³/mol. The van der Waals surface area contributed by atoms with Crippen molar-refractivity contribution >= 4 is 47.2 Å². The quantitative estimate of drug-likeness (QED) is 0.320. The number of carboxylic acids is 1. The summed E-state index contributed by atoms with van der Waals surface area (Å²) in [7, 11) is 0. The van der Waals surface area contributed by atoms with Crippen molar-refractivity contribution in [3.05, 3.63) is 53.3 Å². The summed E-state index contributed by atoms with van der Waals surface area (Å²) in [6.45, 7) is 5.37. The van der Waals surface area contributed by atoms with E-state index in [1.807, 2.05) is 44.2 Å². The maximum absolute atomic E-state index is 12.8. The van der Waals surface area contributed by atoms with Crippen molar-refractivity contribution in [2.24, 2.45) is 5.92 Å². The maximum atomic E-state index is 12.8. The van der Waals surface area contributed by atoms with E-state index in [0.717, 1.165) is 4.90 Å². The standard InChI is InChI=1S/C24H27N3O5S2/c1-14(2)11-26-9-8-15(21(26)29)10-16-12-34-23-19(22(30)27(23)20(16)24(31)32)25-18(28)13-33-17-6-4-3-5-7-17/h3-7,10,14,19,23H,8-9,11-13H2,1-2H3,(H,25,28)(H,31,32)/t19-,23-/m1/s1. The third-order valence-corrected chi connectivity index (χ3v) is 8.09. The molecule has 180 valence electrons. The van der Waals surface area contributed by atoms with Gasteiger partial charge in [0.1, 0.15) is 17.1 Å². The lowest BCUT2D eigenvalue weighted by Crippen LogP contribution is -2.70. The number of aliphatic carboxylic acids is 1. The third kappa shape index (κ3) is 5.02. The average Bonchev–Trinajstić information content (AvgIpc) is 3.14. The lowest BCUT2D eigenvalue weighted by molar-refractivity contribution is -0.150. The molecular weight excluding hydrogens is 474 g/mol. The number of allylic oxidation sites excluding steroid dienone is 1. The third-order valence-electron chi connectivity index (χ3n) is 5.78. The Morgan fingerprint density at radius 3 is 2.68 bits per heavy atom. The summed E-state index contributed by atoms with van der Waals surface area (Å²) in [6, 6.07) is 8.73. The fraction of sp³-hybridized carbons (Fsp3) is 0.417. The molecule has 8 nitrogen and oxygen atoms in total. The Balaban J connectivity index is 1.44. The van der Waals surface area contributed by atoms with Gasteiger partial charge in [0, 0.05) is 29.3 Å². The molecule has 0 saturated carbocycles. The van der Waals surface area contributed by atoms with E-state index in [0.29, 0.717) is 42.3 Å². The molecule has 2 N–H and O–H groups in total. The Morgan fingerprint density at radius 2 is 2.00 bits per heavy atom. The van der Waals surface area contributed by atoms with Gasteiger partial charge in [-0.05, 0) is 36.1 Å². The predicted octanol–water partition coefficient (Wildman–Crippen LogP) is 2.33. The molecule has 3 amide bonds. The number of benzene rings is 1. The lowest BCUT2D eigenvalue weighted by Gasteiger charge is -2.49. The first-order valence-electron chi connectivity index (χ1n) is 11.1. The highest BCUT2D eigenvalue weighted by Crippen LogP contribution is 2.41. The van der Waals surface area contributed by atoms with Crippen LogP contribution in [0.3, 0.4) is 0 Å². The second-order valence-electron chi connectivity index (χ2n) is 8.80. The minimum Gasteiger partial charge on any atom is -0.477 e. The molecule has 1 aromatic rings. The van der Waals surface area contributed by atoms with Crippen molar-refractivity contribution in [2.45, 2.75) is 36.6 Å². The normalized spacial score (nSPS) is 23.4. The molecule has 2 fully saturated rings. The molecule has 2 atom stereocenters. The van der Waals surface area contributed by atoms with Crippen LogP contribution in [-0.4, -0.2) is 74.6 Å². The van der Waals surface area contributed by atoms with E-state index in [1.165, 1.54) is 28.4 Å². The number of rotatable bonds is 8. The molecule has 1 aromatic carbocycles. The van der Waals surface area contributed by atoms with Crippen LogP contribution in [0, 0.1) is 5.92 Å². The van der Waals surface area contributed by atoms with Crippen LogP contribution in [0.2, 0.25) is 0 Å². The van der Waals surface area contributed by atoms with E-state index in [1.54, 1.807) is 11.0 Å². The summed E-state index contributed by atoms with van der Waals surface area (Å²) in [5.41, 5.74) is 0.936. The Morgan fingerprint density at radius 1 is 1.26 bits per heavy atom. The van der Waals surface area contributed by atoms with Crippen molar-refractivity contribution in [1.29, 1.82) is 0 Å². The highest BCUT2D eigenvalue weighted by Gasteiger charge is 2.54. The molecule has 0 spiro atoms. The number of hydrogen-bond acceptors (Lipinski definition) is 6. The molecule has 34 heavy (non-hydrogen) atoms. The lowest BCUT2D eigenvalue weighted by atomic mass is 10.0. The van der Waals surface area contributed by atoms with E-state index in [2.05, 4.69) is 5.32 Å². The van der Waals surface area contributed by atoms with Crippen molar-refractivity contribution in [3.63, 3.8) is 0 Å². The summed E-state index contributed by atoms with van der Waals surface area (Å²) >= 11 is 2.77. The van der Waals surface area contributed by atoms with E-state index < -0.39 is 23.3 Å². The zero-order valence-corrected chi connectivity index (χ0v) is 20.7. The van der Waals surface area contributed by atoms with E-state index in [4.69, 9.17) is 0 Å². The molecule has 0 radical (unpaired) electrons. The smallest absolute Gasteiger partial charge is 0.352 e. The second kappa shape index (κ2) is 10.3. The molecule has 3 aliphatic rings. The van der Waals surface area contributed by atoms with E-state index in [-0.39, 0.29) is 23.3 Å². The number of nitrogens with zero attached hydrogens (tertiary/aromatic N) is 2. The first-order valence-corrected chi connectivity index (χ1v) is 13.2. The Hall–Kier alpha value is -2.72. The van der Waals surface area contributed by atoms with Gasteiger partial charge in [-0.2, -0.15) is 0 Å². The zero-order valence-electron chi connectivity index (χ0n) is 19.0. The maximum Gasteiger partial charge on any atom is 0.352 e. The fourth-order valence-corrected chi connectivity index (χ4v) is 6.30. The number of thioether (sulfide) groups is 2. The molecule has 0 bridgehead atoms. The van der Waals surface area contributed by atoms with E-state index >= 15 is 0 Å². The van der Waals surface area contributed by atoms with Crippen molar-refractivity contribution in [2.75, 3.05) is 24.6 Å². The number of nitrogens with one attached hydrogen (secondary N) is 1. The fourth-order valence-electron chi connectivity index (χ4n) is 4.26. The number of carboxylic acid groups (broad SMARTS) is 1. The van der Waals surface area contributed by atoms with Gasteiger partial charge in [-0.25, -0.2) is 4.79 Å². The summed E-state index contributed by atoms with van der Waals surface area (Å²) < 4.78 is 0. The number of likely N-dealkylation sites (tertiary alicyclic amines) is 1. The van der Waals surface area contributed by atoms with Crippen LogP contribution in [-0.2, 0) is 19.2 Å². The summed E-state index contributed by atoms with van der Waals surface area (Å²) in [5, 5.41) is 12.1. The number of amides is 3. The number of carbonyl (C=O) groups is 4. The highest BCUT2D eigenvalue weighted by molar-refractivity contribution is 8.00. The van der Waals surface area contributed by atoms with Gasteiger partial charge in [-0.3, -0.25) is 19.3 Å². The largest absolute Gasteiger partial charge is 0.477 e. The van der Waals surface area contributed by atoms with Gasteiger partial charge in [-0.1, -0.05) is 32.0 Å². The van der Waals surface area contributed by atoms with Crippen LogP contribution in [0.4, 0.5) is 0 Å². The summed E-state index contributed by atoms with van der Waals surface area (Å²) in [4.78, 5) is 54.0. The molecule has 0 unspecified atom stereocenters. The van der Waals surface area contributed by atoms with Crippen LogP contribution in [0.25, 0.3) is 0 Å². The molecule has 3 aliphatic heterocycles. The summed E-state index contributed by atoms with van der Waals surface area (Å²) in [6.07, 6.45) is 2.20. The summed E-state index contributed by atoms with van der Waals surface area (Å²) in [5.74, 6) is -1.14. The Labute approximate surface area is 206 Å². The van der Waals surface area contributed by atoms with Gasteiger partial charge in [0.05, 0.1) is 5.75 Å². The molecule has 3 heterocycles. The molecular formula is C24H27N3O5S2. The molecule has 2 saturated heterocycles. The number of fused-ring (bicyclic) bond motifs is 1. The topological polar surface area (TPSA) is 107 Å². The van der Waals surface area contributed by atoms with Crippen LogP contribution in [0.15, 0.2) is 58.1 Å². The minimum absolute atomic E-state index is 0.0749. The Bertz CT molecular complexity index is 1070. The van der Waals surface area contributed by atoms with Gasteiger partial charge in [0.15, 0.2) is 0 Å². The molecule has 4 rings (SSSR count). The number of β-lactam (4-membered cyclic amide) rings is 1. The average molecular weight is 502 g/mol. The van der Waals surface area contributed by atoms with Crippen molar-refractivity contribution < 1.29 is 24.3 Å². The Kier molecular flexibility index (Phi) is 7.37. The number of carbonyl (C=O) groups excluding carboxylic acids is 3. The SMILES string of the molecule is CC(C)CN1CCC(=CC2=C(C(=O)O)N3C(=O)[C@@H](NC(=O)CSc4ccccc4)[C@H]3SC2)C1=O. The van der Waals surface area contributed by atoms with Crippen LogP contribution in [0.1, 0.15) is 20.3 Å². The van der Waals surface area contributed by atoms with Gasteiger partial charge in [0.25, 0.3) is 5.91 Å².